The maximum atomic E-state index is 12.3. The smallest absolute Gasteiger partial charge is 0.314 e. The number of ether oxygens (including phenoxy) is 1. The van der Waals surface area contributed by atoms with E-state index in [1.54, 1.807) is 11.8 Å². The summed E-state index contributed by atoms with van der Waals surface area (Å²) in [5, 5.41) is 1.02. The molecule has 0 bridgehead atoms. The fraction of sp³-hybridized carbons (Fsp3) is 0.167. The monoisotopic (exact) mass is 310 g/mol. The van der Waals surface area contributed by atoms with E-state index in [9.17, 15) is 4.79 Å². The van der Waals surface area contributed by atoms with Gasteiger partial charge in [0, 0.05) is 16.0 Å². The third-order valence-electron chi connectivity index (χ3n) is 3.82. The molecule has 3 nitrogen and oxygen atoms in total. The number of furan rings is 1. The molecule has 1 aliphatic heterocycles. The zero-order valence-electron chi connectivity index (χ0n) is 11.8. The van der Waals surface area contributed by atoms with E-state index in [0.29, 0.717) is 5.76 Å². The van der Waals surface area contributed by atoms with Crippen LogP contribution in [0.2, 0.25) is 0 Å². The Hall–Kier alpha value is -2.20. The predicted octanol–water partition coefficient (Wildman–Crippen LogP) is 4.37. The van der Waals surface area contributed by atoms with Crippen LogP contribution in [0.25, 0.3) is 11.0 Å². The van der Waals surface area contributed by atoms with Crippen molar-refractivity contribution in [2.75, 3.05) is 5.75 Å². The van der Waals surface area contributed by atoms with Crippen LogP contribution >= 0.6 is 11.8 Å². The number of hydrogen-bond donors (Lipinski definition) is 0. The molecule has 0 spiro atoms. The van der Waals surface area contributed by atoms with Crippen LogP contribution in [0.5, 0.6) is 0 Å². The van der Waals surface area contributed by atoms with Crippen LogP contribution in [0.15, 0.2) is 63.9 Å². The second kappa shape index (κ2) is 5.54. The van der Waals surface area contributed by atoms with Crippen LogP contribution in [-0.2, 0) is 16.1 Å². The molecule has 0 saturated carbocycles. The van der Waals surface area contributed by atoms with Gasteiger partial charge in [-0.05, 0) is 23.8 Å². The van der Waals surface area contributed by atoms with E-state index in [-0.39, 0.29) is 18.5 Å². The number of carbonyl (C=O) groups is 1. The number of para-hydroxylation sites is 1. The highest BCUT2D eigenvalue weighted by Gasteiger charge is 2.30. The van der Waals surface area contributed by atoms with Crippen LogP contribution in [0.4, 0.5) is 0 Å². The SMILES string of the molecule is O=C(OCc1cc2ccccc2o1)C1CSc2ccccc21. The molecule has 110 valence electrons. The Morgan fingerprint density at radius 3 is 2.91 bits per heavy atom. The molecule has 4 rings (SSSR count). The molecule has 2 aromatic carbocycles. The molecule has 0 amide bonds. The Bertz CT molecular complexity index is 804. The maximum Gasteiger partial charge on any atom is 0.314 e. The van der Waals surface area contributed by atoms with Gasteiger partial charge in [0.1, 0.15) is 18.0 Å². The molecule has 1 aromatic heterocycles. The van der Waals surface area contributed by atoms with Gasteiger partial charge in [0.2, 0.25) is 0 Å². The number of esters is 1. The van der Waals surface area contributed by atoms with E-state index in [4.69, 9.17) is 9.15 Å². The lowest BCUT2D eigenvalue weighted by Crippen LogP contribution is -2.15. The van der Waals surface area contributed by atoms with Gasteiger partial charge in [-0.1, -0.05) is 36.4 Å². The predicted molar refractivity (Wildman–Crippen MR) is 85.9 cm³/mol. The van der Waals surface area contributed by atoms with Crippen molar-refractivity contribution in [2.24, 2.45) is 0 Å². The summed E-state index contributed by atoms with van der Waals surface area (Å²) in [6.45, 7) is 0.177. The van der Waals surface area contributed by atoms with Crippen molar-refractivity contribution in [3.63, 3.8) is 0 Å². The lowest BCUT2D eigenvalue weighted by Gasteiger charge is -2.09. The summed E-state index contributed by atoms with van der Waals surface area (Å²) in [5.41, 5.74) is 1.89. The topological polar surface area (TPSA) is 39.4 Å². The fourth-order valence-electron chi connectivity index (χ4n) is 2.71. The molecule has 0 saturated heterocycles. The Morgan fingerprint density at radius 2 is 2.00 bits per heavy atom. The van der Waals surface area contributed by atoms with Crippen LogP contribution in [0, 0.1) is 0 Å². The summed E-state index contributed by atoms with van der Waals surface area (Å²) in [6, 6.07) is 17.7. The number of rotatable bonds is 3. The molecule has 22 heavy (non-hydrogen) atoms. The first kappa shape index (κ1) is 13.5. The van der Waals surface area contributed by atoms with Crippen molar-refractivity contribution in [1.29, 1.82) is 0 Å². The first-order valence-corrected chi connectivity index (χ1v) is 8.15. The van der Waals surface area contributed by atoms with Crippen LogP contribution in [-0.4, -0.2) is 11.7 Å². The van der Waals surface area contributed by atoms with Crippen LogP contribution in [0.3, 0.4) is 0 Å². The van der Waals surface area contributed by atoms with E-state index >= 15 is 0 Å². The molecular formula is C18H14O3S. The fourth-order valence-corrected chi connectivity index (χ4v) is 3.92. The van der Waals surface area contributed by atoms with Gasteiger partial charge in [-0.2, -0.15) is 0 Å². The highest BCUT2D eigenvalue weighted by Crippen LogP contribution is 2.40. The van der Waals surface area contributed by atoms with Crippen molar-refractivity contribution in [3.05, 3.63) is 65.9 Å². The largest absolute Gasteiger partial charge is 0.457 e. The summed E-state index contributed by atoms with van der Waals surface area (Å²) in [4.78, 5) is 13.5. The zero-order chi connectivity index (χ0) is 14.9. The summed E-state index contributed by atoms with van der Waals surface area (Å²) >= 11 is 1.71. The minimum Gasteiger partial charge on any atom is -0.457 e. The van der Waals surface area contributed by atoms with Gasteiger partial charge >= 0.3 is 5.97 Å². The highest BCUT2D eigenvalue weighted by molar-refractivity contribution is 7.99. The average Bonchev–Trinajstić information content (AvgIpc) is 3.16. The molecule has 0 aliphatic carbocycles. The highest BCUT2D eigenvalue weighted by atomic mass is 32.2. The number of hydrogen-bond acceptors (Lipinski definition) is 4. The maximum absolute atomic E-state index is 12.3. The standard InChI is InChI=1S/C18H14O3S/c19-18(15-11-22-17-8-4-2-6-14(15)17)20-10-13-9-12-5-1-3-7-16(12)21-13/h1-9,15H,10-11H2. The quantitative estimate of drug-likeness (QED) is 0.674. The van der Waals surface area contributed by atoms with Gasteiger partial charge in [-0.25, -0.2) is 0 Å². The Kier molecular flexibility index (Phi) is 3.39. The van der Waals surface area contributed by atoms with Crippen molar-refractivity contribution >= 4 is 28.7 Å². The van der Waals surface area contributed by atoms with Gasteiger partial charge in [-0.3, -0.25) is 4.79 Å². The molecule has 3 aromatic rings. The summed E-state index contributed by atoms with van der Waals surface area (Å²) < 4.78 is 11.1. The minimum atomic E-state index is -0.182. The Labute approximate surface area is 132 Å². The van der Waals surface area contributed by atoms with E-state index < -0.39 is 0 Å². The van der Waals surface area contributed by atoms with Gasteiger partial charge in [0.15, 0.2) is 0 Å². The first-order chi connectivity index (χ1) is 10.8. The third-order valence-corrected chi connectivity index (χ3v) is 5.00. The van der Waals surface area contributed by atoms with Crippen LogP contribution in [0.1, 0.15) is 17.2 Å². The lowest BCUT2D eigenvalue weighted by atomic mass is 10.0. The Balaban J connectivity index is 1.47. The molecular weight excluding hydrogens is 296 g/mol. The summed E-state index contributed by atoms with van der Waals surface area (Å²) in [5.74, 6) is 1.06. The van der Waals surface area contributed by atoms with Gasteiger partial charge in [0.05, 0.1) is 5.92 Å². The molecule has 0 fully saturated rings. The Morgan fingerprint density at radius 1 is 1.18 bits per heavy atom. The molecule has 2 heterocycles. The normalized spacial score (nSPS) is 16.6. The molecule has 1 atom stereocenters. The molecule has 1 aliphatic rings. The van der Waals surface area contributed by atoms with Gasteiger partial charge < -0.3 is 9.15 Å². The summed E-state index contributed by atoms with van der Waals surface area (Å²) in [7, 11) is 0. The number of fused-ring (bicyclic) bond motifs is 2. The van der Waals surface area contributed by atoms with E-state index in [1.807, 2.05) is 54.6 Å². The second-order valence-electron chi connectivity index (χ2n) is 5.26. The van der Waals surface area contributed by atoms with Crippen molar-refractivity contribution in [3.8, 4) is 0 Å². The van der Waals surface area contributed by atoms with E-state index in [2.05, 4.69) is 0 Å². The van der Waals surface area contributed by atoms with Crippen LogP contribution < -0.4 is 0 Å². The second-order valence-corrected chi connectivity index (χ2v) is 6.32. The average molecular weight is 310 g/mol. The van der Waals surface area contributed by atoms with Gasteiger partial charge in [0.25, 0.3) is 0 Å². The minimum absolute atomic E-state index is 0.175. The molecule has 0 radical (unpaired) electrons. The zero-order valence-corrected chi connectivity index (χ0v) is 12.6. The first-order valence-electron chi connectivity index (χ1n) is 7.17. The number of benzene rings is 2. The van der Waals surface area contributed by atoms with Gasteiger partial charge in [-0.15, -0.1) is 11.8 Å². The summed E-state index contributed by atoms with van der Waals surface area (Å²) in [6.07, 6.45) is 0. The van der Waals surface area contributed by atoms with Crippen molar-refractivity contribution in [1.82, 2.24) is 0 Å². The molecule has 1 unspecified atom stereocenters. The molecule has 4 heteroatoms. The number of carbonyl (C=O) groups excluding carboxylic acids is 1. The number of thioether (sulfide) groups is 1. The van der Waals surface area contributed by atoms with Crippen molar-refractivity contribution < 1.29 is 13.9 Å². The van der Waals surface area contributed by atoms with E-state index in [0.717, 1.165) is 22.3 Å². The lowest BCUT2D eigenvalue weighted by molar-refractivity contribution is -0.146. The molecule has 0 N–H and O–H groups in total. The van der Waals surface area contributed by atoms with Crippen molar-refractivity contribution in [2.45, 2.75) is 17.4 Å². The van der Waals surface area contributed by atoms with E-state index in [1.165, 1.54) is 4.90 Å². The third kappa shape index (κ3) is 2.40.